The summed E-state index contributed by atoms with van der Waals surface area (Å²) in [4.78, 5) is 4.51. The molecule has 19 heavy (non-hydrogen) atoms. The zero-order chi connectivity index (χ0) is 13.8. The number of benzene rings is 1. The molecule has 0 fully saturated rings. The van der Waals surface area contributed by atoms with Crippen molar-refractivity contribution in [2.24, 2.45) is 5.73 Å². The molecule has 3 nitrogen and oxygen atoms in total. The van der Waals surface area contributed by atoms with E-state index in [0.717, 1.165) is 17.9 Å². The maximum atomic E-state index is 5.46. The fourth-order valence-corrected chi connectivity index (χ4v) is 2.07. The quantitative estimate of drug-likeness (QED) is 0.883. The molecule has 0 saturated carbocycles. The Morgan fingerprint density at radius 3 is 2.32 bits per heavy atom. The minimum atomic E-state index is 0.623. The number of aryl methyl sites for hydroxylation is 2. The number of nitrogens with two attached hydrogens (primary N) is 1. The topological polar surface area (TPSA) is 50.9 Å². The van der Waals surface area contributed by atoms with Gasteiger partial charge >= 0.3 is 0 Å². The van der Waals surface area contributed by atoms with Crippen molar-refractivity contribution >= 4 is 5.69 Å². The Balaban J connectivity index is 2.27. The zero-order valence-electron chi connectivity index (χ0n) is 11.8. The number of pyridine rings is 1. The lowest BCUT2D eigenvalue weighted by atomic mass is 9.99. The number of nitrogens with zero attached hydrogens (tertiary/aromatic N) is 1. The first-order valence-corrected chi connectivity index (χ1v) is 6.60. The third-order valence-corrected chi connectivity index (χ3v) is 3.46. The average Bonchev–Trinajstić information content (AvgIpc) is 2.42. The fraction of sp³-hybridized carbons (Fsp3) is 0.312. The molecule has 0 aliphatic carbocycles. The van der Waals surface area contributed by atoms with Gasteiger partial charge in [0, 0.05) is 18.7 Å². The molecule has 0 atom stereocenters. The summed E-state index contributed by atoms with van der Waals surface area (Å²) in [5.74, 6) is 0. The SMILES string of the molecule is Cc1cc(-c2ccc(NCCN)cn2)cc(C)c1C. The van der Waals surface area contributed by atoms with Crippen molar-refractivity contribution in [1.29, 1.82) is 0 Å². The summed E-state index contributed by atoms with van der Waals surface area (Å²) >= 11 is 0. The van der Waals surface area contributed by atoms with E-state index in [1.54, 1.807) is 0 Å². The molecule has 0 radical (unpaired) electrons. The van der Waals surface area contributed by atoms with Crippen molar-refractivity contribution in [3.63, 3.8) is 0 Å². The zero-order valence-corrected chi connectivity index (χ0v) is 11.8. The molecule has 3 heteroatoms. The van der Waals surface area contributed by atoms with Crippen LogP contribution >= 0.6 is 0 Å². The monoisotopic (exact) mass is 255 g/mol. The molecule has 1 aromatic carbocycles. The predicted octanol–water partition coefficient (Wildman–Crippen LogP) is 3.04. The van der Waals surface area contributed by atoms with Gasteiger partial charge in [-0.15, -0.1) is 0 Å². The van der Waals surface area contributed by atoms with Crippen molar-refractivity contribution in [1.82, 2.24) is 4.98 Å². The molecule has 0 amide bonds. The summed E-state index contributed by atoms with van der Waals surface area (Å²) in [5, 5.41) is 3.22. The molecule has 3 N–H and O–H groups in total. The Morgan fingerprint density at radius 2 is 1.79 bits per heavy atom. The third-order valence-electron chi connectivity index (χ3n) is 3.46. The molecule has 2 rings (SSSR count). The summed E-state index contributed by atoms with van der Waals surface area (Å²) in [7, 11) is 0. The molecular weight excluding hydrogens is 234 g/mol. The molecule has 0 aliphatic heterocycles. The van der Waals surface area contributed by atoms with Crippen LogP contribution in [0.3, 0.4) is 0 Å². The Morgan fingerprint density at radius 1 is 1.11 bits per heavy atom. The molecule has 0 unspecified atom stereocenters. The molecule has 1 aromatic heterocycles. The summed E-state index contributed by atoms with van der Waals surface area (Å²) in [5.41, 5.74) is 12.6. The Kier molecular flexibility index (Phi) is 4.17. The van der Waals surface area contributed by atoms with Gasteiger partial charge in [-0.1, -0.05) is 0 Å². The minimum Gasteiger partial charge on any atom is -0.383 e. The van der Waals surface area contributed by atoms with Crippen LogP contribution in [0.4, 0.5) is 5.69 Å². The van der Waals surface area contributed by atoms with Crippen LogP contribution in [0.1, 0.15) is 16.7 Å². The van der Waals surface area contributed by atoms with Crippen molar-refractivity contribution in [2.75, 3.05) is 18.4 Å². The largest absolute Gasteiger partial charge is 0.383 e. The number of hydrogen-bond acceptors (Lipinski definition) is 3. The van der Waals surface area contributed by atoms with Crippen LogP contribution in [0.5, 0.6) is 0 Å². The highest BCUT2D eigenvalue weighted by Crippen LogP contribution is 2.24. The summed E-state index contributed by atoms with van der Waals surface area (Å²) in [6.07, 6.45) is 1.86. The van der Waals surface area contributed by atoms with Crippen LogP contribution in [0.25, 0.3) is 11.3 Å². The van der Waals surface area contributed by atoms with Crippen molar-refractivity contribution in [3.8, 4) is 11.3 Å². The van der Waals surface area contributed by atoms with Crippen molar-refractivity contribution in [3.05, 3.63) is 47.2 Å². The van der Waals surface area contributed by atoms with Gasteiger partial charge in [0.05, 0.1) is 17.6 Å². The molecule has 1 heterocycles. The Hall–Kier alpha value is -1.87. The van der Waals surface area contributed by atoms with E-state index < -0.39 is 0 Å². The van der Waals surface area contributed by atoms with E-state index in [1.165, 1.54) is 22.3 Å². The summed E-state index contributed by atoms with van der Waals surface area (Å²) in [6.45, 7) is 7.83. The van der Waals surface area contributed by atoms with Crippen molar-refractivity contribution < 1.29 is 0 Å². The minimum absolute atomic E-state index is 0.623. The maximum Gasteiger partial charge on any atom is 0.0703 e. The van der Waals surface area contributed by atoms with E-state index in [4.69, 9.17) is 5.73 Å². The predicted molar refractivity (Wildman–Crippen MR) is 81.4 cm³/mol. The highest BCUT2D eigenvalue weighted by Gasteiger charge is 2.04. The molecule has 0 bridgehead atoms. The molecule has 0 saturated heterocycles. The molecule has 0 spiro atoms. The van der Waals surface area contributed by atoms with E-state index >= 15 is 0 Å². The second-order valence-electron chi connectivity index (χ2n) is 4.88. The van der Waals surface area contributed by atoms with Crippen LogP contribution in [0.15, 0.2) is 30.5 Å². The average molecular weight is 255 g/mol. The lowest BCUT2D eigenvalue weighted by molar-refractivity contribution is 1.02. The molecular formula is C16H21N3. The van der Waals surface area contributed by atoms with Crippen LogP contribution in [0.2, 0.25) is 0 Å². The van der Waals surface area contributed by atoms with E-state index in [2.05, 4.69) is 43.2 Å². The van der Waals surface area contributed by atoms with E-state index in [0.29, 0.717) is 6.54 Å². The van der Waals surface area contributed by atoms with Crippen LogP contribution in [0, 0.1) is 20.8 Å². The first-order valence-electron chi connectivity index (χ1n) is 6.60. The van der Waals surface area contributed by atoms with Gasteiger partial charge in [-0.2, -0.15) is 0 Å². The first kappa shape index (κ1) is 13.6. The molecule has 0 aliphatic rings. The van der Waals surface area contributed by atoms with Gasteiger partial charge in [0.2, 0.25) is 0 Å². The van der Waals surface area contributed by atoms with Gasteiger partial charge < -0.3 is 11.1 Å². The van der Waals surface area contributed by atoms with Gasteiger partial charge in [-0.25, -0.2) is 0 Å². The lowest BCUT2D eigenvalue weighted by Gasteiger charge is -2.10. The fourth-order valence-electron chi connectivity index (χ4n) is 2.07. The maximum absolute atomic E-state index is 5.46. The molecule has 2 aromatic rings. The number of anilines is 1. The van der Waals surface area contributed by atoms with Gasteiger partial charge in [0.1, 0.15) is 0 Å². The lowest BCUT2D eigenvalue weighted by Crippen LogP contribution is -2.13. The van der Waals surface area contributed by atoms with Gasteiger partial charge in [0.15, 0.2) is 0 Å². The highest BCUT2D eigenvalue weighted by atomic mass is 14.9. The number of aromatic nitrogens is 1. The number of nitrogens with one attached hydrogen (secondary N) is 1. The van der Waals surface area contributed by atoms with Gasteiger partial charge in [-0.3, -0.25) is 4.98 Å². The van der Waals surface area contributed by atoms with Crippen molar-refractivity contribution in [2.45, 2.75) is 20.8 Å². The second-order valence-corrected chi connectivity index (χ2v) is 4.88. The Bertz CT molecular complexity index is 536. The third kappa shape index (κ3) is 3.12. The Labute approximate surface area is 114 Å². The standard InChI is InChI=1S/C16H21N3/c1-11-8-14(9-12(2)13(11)3)16-5-4-15(10-19-16)18-7-6-17/h4-5,8-10,18H,6-7,17H2,1-3H3. The normalized spacial score (nSPS) is 10.5. The summed E-state index contributed by atoms with van der Waals surface area (Å²) in [6, 6.07) is 8.47. The van der Waals surface area contributed by atoms with Gasteiger partial charge in [0.25, 0.3) is 0 Å². The smallest absolute Gasteiger partial charge is 0.0703 e. The van der Waals surface area contributed by atoms with E-state index in [9.17, 15) is 0 Å². The first-order chi connectivity index (χ1) is 9.11. The number of rotatable bonds is 4. The van der Waals surface area contributed by atoms with Crippen LogP contribution in [-0.4, -0.2) is 18.1 Å². The van der Waals surface area contributed by atoms with E-state index in [-0.39, 0.29) is 0 Å². The number of hydrogen-bond donors (Lipinski definition) is 2. The second kappa shape index (κ2) is 5.85. The summed E-state index contributed by atoms with van der Waals surface area (Å²) < 4.78 is 0. The van der Waals surface area contributed by atoms with Crippen LogP contribution < -0.4 is 11.1 Å². The highest BCUT2D eigenvalue weighted by molar-refractivity contribution is 5.64. The van der Waals surface area contributed by atoms with E-state index in [1.807, 2.05) is 18.3 Å². The molecule has 100 valence electrons. The van der Waals surface area contributed by atoms with Crippen LogP contribution in [-0.2, 0) is 0 Å². The van der Waals surface area contributed by atoms with Gasteiger partial charge in [-0.05, 0) is 61.7 Å².